The number of anilines is 1. The Bertz CT molecular complexity index is 938. The van der Waals surface area contributed by atoms with Crippen molar-refractivity contribution in [1.82, 2.24) is 5.32 Å². The van der Waals surface area contributed by atoms with Gasteiger partial charge in [-0.3, -0.25) is 10.1 Å². The summed E-state index contributed by atoms with van der Waals surface area (Å²) in [5.74, 6) is 0.293. The predicted octanol–water partition coefficient (Wildman–Crippen LogP) is 3.22. The summed E-state index contributed by atoms with van der Waals surface area (Å²) in [7, 11) is 0. The Labute approximate surface area is 156 Å². The summed E-state index contributed by atoms with van der Waals surface area (Å²) in [5.41, 5.74) is 1.44. The van der Waals surface area contributed by atoms with Gasteiger partial charge in [-0.15, -0.1) is 0 Å². The van der Waals surface area contributed by atoms with Crippen LogP contribution in [0.15, 0.2) is 66.7 Å². The molecule has 0 bridgehead atoms. The highest BCUT2D eigenvalue weighted by atomic mass is 32.1. The van der Waals surface area contributed by atoms with Crippen LogP contribution < -0.4 is 15.4 Å². The predicted molar refractivity (Wildman–Crippen MR) is 106 cm³/mol. The number of carbonyl (C=O) groups is 1. The van der Waals surface area contributed by atoms with E-state index < -0.39 is 0 Å². The minimum atomic E-state index is -0.353. The van der Waals surface area contributed by atoms with Crippen LogP contribution in [0.1, 0.15) is 5.56 Å². The smallest absolute Gasteiger partial charge is 0.264 e. The molecule has 3 aromatic rings. The van der Waals surface area contributed by atoms with Crippen molar-refractivity contribution in [2.75, 3.05) is 11.9 Å². The van der Waals surface area contributed by atoms with E-state index in [1.807, 2.05) is 42.5 Å². The molecule has 26 heavy (non-hydrogen) atoms. The summed E-state index contributed by atoms with van der Waals surface area (Å²) in [5, 5.41) is 16.8. The zero-order valence-corrected chi connectivity index (χ0v) is 14.8. The number of fused-ring (bicyclic) bond motifs is 1. The van der Waals surface area contributed by atoms with E-state index in [1.54, 1.807) is 24.3 Å². The number of benzene rings is 3. The topological polar surface area (TPSA) is 70.6 Å². The first kappa shape index (κ1) is 17.8. The van der Waals surface area contributed by atoms with Crippen LogP contribution in [-0.2, 0) is 11.4 Å². The highest BCUT2D eigenvalue weighted by Crippen LogP contribution is 2.24. The maximum absolute atomic E-state index is 12.1. The molecular formula is C20H18N2O3S. The molecule has 0 heterocycles. The van der Waals surface area contributed by atoms with Crippen molar-refractivity contribution >= 4 is 39.7 Å². The Morgan fingerprint density at radius 1 is 1.04 bits per heavy atom. The molecule has 3 aromatic carbocycles. The number of nitrogens with one attached hydrogen (secondary N) is 2. The lowest BCUT2D eigenvalue weighted by Crippen LogP contribution is -2.37. The molecule has 3 rings (SSSR count). The number of hydrogen-bond donors (Lipinski definition) is 3. The number of aliphatic hydroxyl groups is 1. The zero-order chi connectivity index (χ0) is 18.4. The van der Waals surface area contributed by atoms with Gasteiger partial charge in [0.25, 0.3) is 5.91 Å². The van der Waals surface area contributed by atoms with Crippen LogP contribution in [0.2, 0.25) is 0 Å². The molecule has 132 valence electrons. The molecule has 0 unspecified atom stereocenters. The maximum atomic E-state index is 12.1. The SMILES string of the molecule is O=C(COc1cccc2ccccc12)NC(=S)Nc1cccc(CO)c1. The summed E-state index contributed by atoms with van der Waals surface area (Å²) in [6.45, 7) is -0.208. The molecule has 0 fully saturated rings. The summed E-state index contributed by atoms with van der Waals surface area (Å²) >= 11 is 5.14. The Morgan fingerprint density at radius 2 is 1.81 bits per heavy atom. The van der Waals surface area contributed by atoms with E-state index in [0.29, 0.717) is 11.4 Å². The molecule has 0 radical (unpaired) electrons. The normalized spacial score (nSPS) is 10.3. The third kappa shape index (κ3) is 4.56. The van der Waals surface area contributed by atoms with Crippen LogP contribution in [0.25, 0.3) is 10.8 Å². The largest absolute Gasteiger partial charge is 0.483 e. The van der Waals surface area contributed by atoms with Crippen molar-refractivity contribution in [3.63, 3.8) is 0 Å². The molecule has 0 aliphatic carbocycles. The molecule has 6 heteroatoms. The molecule has 1 amide bonds. The number of ether oxygens (including phenoxy) is 1. The van der Waals surface area contributed by atoms with Crippen LogP contribution in [-0.4, -0.2) is 22.7 Å². The van der Waals surface area contributed by atoms with E-state index in [1.165, 1.54) is 0 Å². The van der Waals surface area contributed by atoms with Crippen molar-refractivity contribution in [2.24, 2.45) is 0 Å². The second kappa shape index (κ2) is 8.42. The Balaban J connectivity index is 1.55. The molecule has 0 aliphatic rings. The van der Waals surface area contributed by atoms with Crippen LogP contribution in [0.4, 0.5) is 5.69 Å². The van der Waals surface area contributed by atoms with Crippen LogP contribution >= 0.6 is 12.2 Å². The maximum Gasteiger partial charge on any atom is 0.264 e. The van der Waals surface area contributed by atoms with Crippen molar-refractivity contribution in [1.29, 1.82) is 0 Å². The van der Waals surface area contributed by atoms with Gasteiger partial charge in [0.1, 0.15) is 5.75 Å². The third-order valence-corrected chi connectivity index (χ3v) is 3.93. The van der Waals surface area contributed by atoms with Gasteiger partial charge in [0.2, 0.25) is 0 Å². The van der Waals surface area contributed by atoms with Gasteiger partial charge in [-0.05, 0) is 41.4 Å². The quantitative estimate of drug-likeness (QED) is 0.605. The lowest BCUT2D eigenvalue weighted by atomic mass is 10.1. The molecule has 5 nitrogen and oxygen atoms in total. The van der Waals surface area contributed by atoms with E-state index in [-0.39, 0.29) is 24.2 Å². The first-order valence-corrected chi connectivity index (χ1v) is 8.48. The second-order valence-electron chi connectivity index (χ2n) is 5.63. The van der Waals surface area contributed by atoms with E-state index in [0.717, 1.165) is 16.3 Å². The van der Waals surface area contributed by atoms with Crippen molar-refractivity contribution in [3.8, 4) is 5.75 Å². The summed E-state index contributed by atoms with van der Waals surface area (Å²) in [4.78, 5) is 12.1. The fourth-order valence-corrected chi connectivity index (χ4v) is 2.77. The van der Waals surface area contributed by atoms with Crippen molar-refractivity contribution in [3.05, 3.63) is 72.3 Å². The standard InChI is InChI=1S/C20H18N2O3S/c23-12-14-5-3-8-16(11-14)21-20(26)22-19(24)13-25-18-10-4-7-15-6-1-2-9-17(15)18/h1-11,23H,12-13H2,(H2,21,22,24,26). The summed E-state index contributed by atoms with van der Waals surface area (Å²) in [6.07, 6.45) is 0. The lowest BCUT2D eigenvalue weighted by molar-refractivity contribution is -0.121. The fraction of sp³-hybridized carbons (Fsp3) is 0.100. The lowest BCUT2D eigenvalue weighted by Gasteiger charge is -2.12. The molecule has 0 saturated heterocycles. The van der Waals surface area contributed by atoms with E-state index in [2.05, 4.69) is 10.6 Å². The van der Waals surface area contributed by atoms with Gasteiger partial charge in [0, 0.05) is 11.1 Å². The Morgan fingerprint density at radius 3 is 2.65 bits per heavy atom. The number of thiocarbonyl (C=S) groups is 1. The molecular weight excluding hydrogens is 348 g/mol. The van der Waals surface area contributed by atoms with Gasteiger partial charge in [0.15, 0.2) is 11.7 Å². The van der Waals surface area contributed by atoms with Gasteiger partial charge >= 0.3 is 0 Å². The van der Waals surface area contributed by atoms with Crippen LogP contribution in [0.3, 0.4) is 0 Å². The first-order valence-electron chi connectivity index (χ1n) is 8.07. The van der Waals surface area contributed by atoms with Gasteiger partial charge in [-0.25, -0.2) is 0 Å². The third-order valence-electron chi connectivity index (χ3n) is 3.73. The fourth-order valence-electron chi connectivity index (χ4n) is 2.54. The average Bonchev–Trinajstić information content (AvgIpc) is 2.66. The molecule has 0 aromatic heterocycles. The Kier molecular flexibility index (Phi) is 5.78. The second-order valence-corrected chi connectivity index (χ2v) is 6.04. The number of hydrogen-bond acceptors (Lipinski definition) is 4. The monoisotopic (exact) mass is 366 g/mol. The molecule has 0 saturated carbocycles. The Hall–Kier alpha value is -2.96. The summed E-state index contributed by atoms with van der Waals surface area (Å²) < 4.78 is 5.64. The minimum Gasteiger partial charge on any atom is -0.483 e. The van der Waals surface area contributed by atoms with Gasteiger partial charge in [-0.2, -0.15) is 0 Å². The highest BCUT2D eigenvalue weighted by Gasteiger charge is 2.08. The highest BCUT2D eigenvalue weighted by molar-refractivity contribution is 7.80. The van der Waals surface area contributed by atoms with E-state index in [9.17, 15) is 4.79 Å². The zero-order valence-electron chi connectivity index (χ0n) is 13.9. The van der Waals surface area contributed by atoms with Crippen molar-refractivity contribution < 1.29 is 14.6 Å². The molecule has 0 aliphatic heterocycles. The van der Waals surface area contributed by atoms with Crippen molar-refractivity contribution in [2.45, 2.75) is 6.61 Å². The number of aliphatic hydroxyl groups excluding tert-OH is 1. The van der Waals surface area contributed by atoms with Crippen LogP contribution in [0.5, 0.6) is 5.75 Å². The number of carbonyl (C=O) groups excluding carboxylic acids is 1. The van der Waals surface area contributed by atoms with E-state index in [4.69, 9.17) is 22.1 Å². The van der Waals surface area contributed by atoms with Gasteiger partial charge in [0.05, 0.1) is 6.61 Å². The first-order chi connectivity index (χ1) is 12.7. The minimum absolute atomic E-state index is 0.0620. The summed E-state index contributed by atoms with van der Waals surface area (Å²) in [6, 6.07) is 20.7. The van der Waals surface area contributed by atoms with E-state index >= 15 is 0 Å². The molecule has 3 N–H and O–H groups in total. The van der Waals surface area contributed by atoms with Gasteiger partial charge in [-0.1, -0.05) is 48.5 Å². The number of amides is 1. The molecule has 0 spiro atoms. The van der Waals surface area contributed by atoms with Gasteiger partial charge < -0.3 is 15.2 Å². The molecule has 0 atom stereocenters. The number of rotatable bonds is 5. The van der Waals surface area contributed by atoms with Crippen LogP contribution in [0, 0.1) is 0 Å². The average molecular weight is 366 g/mol.